The second kappa shape index (κ2) is 7.16. The van der Waals surface area contributed by atoms with Crippen LogP contribution in [0.4, 0.5) is 0 Å². The highest BCUT2D eigenvalue weighted by atomic mass is 79.9. The van der Waals surface area contributed by atoms with Gasteiger partial charge in [-0.1, -0.05) is 0 Å². The lowest BCUT2D eigenvalue weighted by Gasteiger charge is -2.24. The summed E-state index contributed by atoms with van der Waals surface area (Å²) < 4.78 is 1.90. The average molecular weight is 401 g/mol. The molecule has 1 aromatic rings. The van der Waals surface area contributed by atoms with E-state index in [0.717, 1.165) is 25.3 Å². The van der Waals surface area contributed by atoms with Crippen LogP contribution in [0.5, 0.6) is 0 Å². The van der Waals surface area contributed by atoms with Crippen LogP contribution in [0.25, 0.3) is 0 Å². The molecule has 1 rings (SSSR count). The summed E-state index contributed by atoms with van der Waals surface area (Å²) in [6, 6.07) is 2.14. The van der Waals surface area contributed by atoms with Crippen molar-refractivity contribution in [1.29, 1.82) is 0 Å². The number of thioether (sulfide) groups is 1. The predicted octanol–water partition coefficient (Wildman–Crippen LogP) is 4.49. The van der Waals surface area contributed by atoms with Gasteiger partial charge in [0, 0.05) is 17.6 Å². The minimum Gasteiger partial charge on any atom is -0.338 e. The molecule has 0 bridgehead atoms. The highest BCUT2D eigenvalue weighted by Gasteiger charge is 2.19. The van der Waals surface area contributed by atoms with E-state index in [1.54, 1.807) is 0 Å². The van der Waals surface area contributed by atoms with Gasteiger partial charge >= 0.3 is 0 Å². The lowest BCUT2D eigenvalue weighted by molar-refractivity contribution is 0.0746. The van der Waals surface area contributed by atoms with Crippen molar-refractivity contribution in [2.45, 2.75) is 19.4 Å². The van der Waals surface area contributed by atoms with Gasteiger partial charge in [-0.25, -0.2) is 0 Å². The first-order chi connectivity index (χ1) is 7.97. The van der Waals surface area contributed by atoms with Crippen molar-refractivity contribution in [1.82, 2.24) is 4.90 Å². The van der Waals surface area contributed by atoms with Crippen LogP contribution in [0.2, 0.25) is 0 Å². The Morgan fingerprint density at radius 3 is 2.71 bits per heavy atom. The van der Waals surface area contributed by atoms with E-state index in [9.17, 15) is 4.79 Å². The van der Waals surface area contributed by atoms with Gasteiger partial charge in [0.15, 0.2) is 0 Å². The van der Waals surface area contributed by atoms with Gasteiger partial charge in [0.1, 0.15) is 0 Å². The van der Waals surface area contributed by atoms with Crippen molar-refractivity contribution >= 4 is 60.9 Å². The molecule has 1 unspecified atom stereocenters. The van der Waals surface area contributed by atoms with E-state index in [-0.39, 0.29) is 11.9 Å². The third kappa shape index (κ3) is 4.26. The molecule has 6 heteroatoms. The van der Waals surface area contributed by atoms with E-state index in [1.165, 1.54) is 11.3 Å². The molecule has 0 aliphatic carbocycles. The monoisotopic (exact) mass is 399 g/mol. The maximum atomic E-state index is 12.2. The molecule has 96 valence electrons. The van der Waals surface area contributed by atoms with Gasteiger partial charge < -0.3 is 4.90 Å². The number of halogens is 2. The SMILES string of the molecule is CSCCC(C)N(C)C(=O)c1cc(Br)c(Br)s1. The summed E-state index contributed by atoms with van der Waals surface area (Å²) in [7, 11) is 1.87. The smallest absolute Gasteiger partial charge is 0.263 e. The first-order valence-electron chi connectivity index (χ1n) is 5.18. The molecule has 17 heavy (non-hydrogen) atoms. The largest absolute Gasteiger partial charge is 0.338 e. The van der Waals surface area contributed by atoms with Crippen LogP contribution in [0.15, 0.2) is 14.3 Å². The van der Waals surface area contributed by atoms with Gasteiger partial charge in [-0.05, 0) is 63.3 Å². The number of amides is 1. The van der Waals surface area contributed by atoms with Crippen LogP contribution in [0.3, 0.4) is 0 Å². The predicted molar refractivity (Wildman–Crippen MR) is 84.3 cm³/mol. The molecule has 0 aromatic carbocycles. The van der Waals surface area contributed by atoms with Crippen molar-refractivity contribution in [3.8, 4) is 0 Å². The van der Waals surface area contributed by atoms with E-state index >= 15 is 0 Å². The lowest BCUT2D eigenvalue weighted by atomic mass is 10.2. The average Bonchev–Trinajstić information content (AvgIpc) is 2.64. The quantitative estimate of drug-likeness (QED) is 0.725. The number of thiophene rings is 1. The van der Waals surface area contributed by atoms with Crippen molar-refractivity contribution in [2.24, 2.45) is 0 Å². The highest BCUT2D eigenvalue weighted by molar-refractivity contribution is 9.13. The Bertz CT molecular complexity index is 375. The zero-order chi connectivity index (χ0) is 13.0. The number of hydrogen-bond acceptors (Lipinski definition) is 3. The van der Waals surface area contributed by atoms with E-state index in [4.69, 9.17) is 0 Å². The Balaban J connectivity index is 2.69. The van der Waals surface area contributed by atoms with Crippen molar-refractivity contribution < 1.29 is 4.79 Å². The first kappa shape index (κ1) is 15.5. The zero-order valence-corrected chi connectivity index (χ0v) is 14.8. The van der Waals surface area contributed by atoms with Gasteiger partial charge in [-0.2, -0.15) is 11.8 Å². The van der Waals surface area contributed by atoms with Crippen LogP contribution in [-0.4, -0.2) is 35.9 Å². The standard InChI is InChI=1S/C11H15Br2NOS2/c1-7(4-5-16-3)14(2)11(15)9-6-8(12)10(13)17-9/h6-7H,4-5H2,1-3H3. The Hall–Kier alpha value is 0.480. The van der Waals surface area contributed by atoms with Gasteiger partial charge in [0.25, 0.3) is 5.91 Å². The number of nitrogens with zero attached hydrogens (tertiary/aromatic N) is 1. The molecule has 1 atom stereocenters. The minimum atomic E-state index is 0.0926. The summed E-state index contributed by atoms with van der Waals surface area (Å²) in [5.41, 5.74) is 0. The van der Waals surface area contributed by atoms with E-state index in [2.05, 4.69) is 45.0 Å². The van der Waals surface area contributed by atoms with Gasteiger partial charge in [-0.3, -0.25) is 4.79 Å². The minimum absolute atomic E-state index is 0.0926. The van der Waals surface area contributed by atoms with E-state index in [1.807, 2.05) is 29.8 Å². The van der Waals surface area contributed by atoms with Crippen LogP contribution in [-0.2, 0) is 0 Å². The molecule has 0 N–H and O–H groups in total. The molecule has 0 radical (unpaired) electrons. The second-order valence-corrected chi connectivity index (χ2v) is 7.99. The van der Waals surface area contributed by atoms with Gasteiger partial charge in [-0.15, -0.1) is 11.3 Å². The topological polar surface area (TPSA) is 20.3 Å². The summed E-state index contributed by atoms with van der Waals surface area (Å²) in [6.07, 6.45) is 3.11. The Morgan fingerprint density at radius 1 is 1.59 bits per heavy atom. The first-order valence-corrected chi connectivity index (χ1v) is 8.98. The van der Waals surface area contributed by atoms with Crippen molar-refractivity contribution in [2.75, 3.05) is 19.1 Å². The molecule has 0 saturated carbocycles. The summed E-state index contributed by atoms with van der Waals surface area (Å²) >= 11 is 10.1. The fourth-order valence-electron chi connectivity index (χ4n) is 1.31. The molecule has 1 heterocycles. The molecule has 0 fully saturated rings. The third-order valence-corrected chi connectivity index (χ3v) is 6.47. The maximum absolute atomic E-state index is 12.2. The molecule has 2 nitrogen and oxygen atoms in total. The fourth-order valence-corrected chi connectivity index (χ4v) is 3.90. The lowest BCUT2D eigenvalue weighted by Crippen LogP contribution is -2.35. The molecular weight excluding hydrogens is 386 g/mol. The summed E-state index contributed by atoms with van der Waals surface area (Å²) in [6.45, 7) is 2.09. The normalized spacial score (nSPS) is 12.5. The number of hydrogen-bond donors (Lipinski definition) is 0. The molecule has 0 saturated heterocycles. The summed E-state index contributed by atoms with van der Waals surface area (Å²) in [4.78, 5) is 14.8. The van der Waals surface area contributed by atoms with Crippen LogP contribution < -0.4 is 0 Å². The van der Waals surface area contributed by atoms with Crippen molar-refractivity contribution in [3.63, 3.8) is 0 Å². The fraction of sp³-hybridized carbons (Fsp3) is 0.545. The van der Waals surface area contributed by atoms with E-state index in [0.29, 0.717) is 0 Å². The molecular formula is C11H15Br2NOS2. The molecule has 0 aliphatic heterocycles. The second-order valence-electron chi connectivity index (χ2n) is 3.78. The Kier molecular flexibility index (Phi) is 6.55. The Morgan fingerprint density at radius 2 is 2.24 bits per heavy atom. The number of carbonyl (C=O) groups is 1. The van der Waals surface area contributed by atoms with Gasteiger partial charge in [0.2, 0.25) is 0 Å². The molecule has 0 spiro atoms. The number of carbonyl (C=O) groups excluding carboxylic acids is 1. The third-order valence-electron chi connectivity index (χ3n) is 2.58. The Labute approximate surface area is 127 Å². The van der Waals surface area contributed by atoms with E-state index < -0.39 is 0 Å². The summed E-state index contributed by atoms with van der Waals surface area (Å²) in [5, 5.41) is 0. The highest BCUT2D eigenvalue weighted by Crippen LogP contribution is 2.33. The van der Waals surface area contributed by atoms with Crippen molar-refractivity contribution in [3.05, 3.63) is 19.2 Å². The van der Waals surface area contributed by atoms with Crippen LogP contribution in [0, 0.1) is 0 Å². The van der Waals surface area contributed by atoms with Crippen LogP contribution in [0.1, 0.15) is 23.0 Å². The molecule has 0 aliphatic rings. The van der Waals surface area contributed by atoms with Crippen LogP contribution >= 0.6 is 55.0 Å². The molecule has 1 aromatic heterocycles. The summed E-state index contributed by atoms with van der Waals surface area (Å²) in [5.74, 6) is 1.17. The zero-order valence-electron chi connectivity index (χ0n) is 10.00. The van der Waals surface area contributed by atoms with Gasteiger partial charge in [0.05, 0.1) is 8.66 Å². The number of rotatable bonds is 5. The molecule has 1 amide bonds. The maximum Gasteiger partial charge on any atom is 0.263 e.